The van der Waals surface area contributed by atoms with E-state index in [1.165, 1.54) is 12.5 Å². The molecule has 0 radical (unpaired) electrons. The van der Waals surface area contributed by atoms with Gasteiger partial charge in [-0.1, -0.05) is 6.07 Å². The second-order valence-electron chi connectivity index (χ2n) is 4.76. The minimum Gasteiger partial charge on any atom is -0.380 e. The fourth-order valence-electron chi connectivity index (χ4n) is 2.51. The average molecular weight is 237 g/mol. The van der Waals surface area contributed by atoms with Gasteiger partial charge in [0.05, 0.1) is 6.10 Å². The molecule has 17 heavy (non-hydrogen) atoms. The van der Waals surface area contributed by atoms with Gasteiger partial charge >= 0.3 is 0 Å². The number of nitrogens with one attached hydrogen (secondary N) is 1. The van der Waals surface area contributed by atoms with Crippen molar-refractivity contribution in [3.05, 3.63) is 35.1 Å². The Bertz CT molecular complexity index is 380. The predicted octanol–water partition coefficient (Wildman–Crippen LogP) is 2.79. The standard InChI is InChI=1S/C14H20FNO/c1-10-6-7-12(15)8-11(10)9-16-13-4-3-5-14(13)17-2/h6-8,13-14,16H,3-5,9H2,1-2H3. The van der Waals surface area contributed by atoms with E-state index < -0.39 is 0 Å². The monoisotopic (exact) mass is 237 g/mol. The summed E-state index contributed by atoms with van der Waals surface area (Å²) in [4.78, 5) is 0. The summed E-state index contributed by atoms with van der Waals surface area (Å²) in [6, 6.07) is 5.35. The third kappa shape index (κ3) is 3.05. The molecule has 94 valence electrons. The van der Waals surface area contributed by atoms with Crippen LogP contribution in [-0.4, -0.2) is 19.3 Å². The van der Waals surface area contributed by atoms with Gasteiger partial charge in [-0.3, -0.25) is 0 Å². The molecule has 1 aromatic rings. The highest BCUT2D eigenvalue weighted by Gasteiger charge is 2.26. The Labute approximate surface area is 102 Å². The molecule has 0 saturated heterocycles. The molecule has 1 N–H and O–H groups in total. The third-order valence-electron chi connectivity index (χ3n) is 3.62. The Morgan fingerprint density at radius 2 is 2.24 bits per heavy atom. The molecular formula is C14H20FNO. The Hall–Kier alpha value is -0.930. The number of rotatable bonds is 4. The molecule has 3 heteroatoms. The molecule has 0 spiro atoms. The zero-order valence-electron chi connectivity index (χ0n) is 10.5. The van der Waals surface area contributed by atoms with Crippen LogP contribution in [0.2, 0.25) is 0 Å². The van der Waals surface area contributed by atoms with E-state index in [1.807, 2.05) is 13.0 Å². The molecule has 0 aromatic heterocycles. The molecule has 2 rings (SSSR count). The number of hydrogen-bond acceptors (Lipinski definition) is 2. The van der Waals surface area contributed by atoms with Crippen molar-refractivity contribution < 1.29 is 9.13 Å². The summed E-state index contributed by atoms with van der Waals surface area (Å²) < 4.78 is 18.6. The second-order valence-corrected chi connectivity index (χ2v) is 4.76. The van der Waals surface area contributed by atoms with Crippen molar-refractivity contribution in [2.24, 2.45) is 0 Å². The Balaban J connectivity index is 1.95. The van der Waals surface area contributed by atoms with E-state index in [0.717, 1.165) is 24.0 Å². The Morgan fingerprint density at radius 1 is 1.41 bits per heavy atom. The zero-order valence-corrected chi connectivity index (χ0v) is 10.5. The molecule has 1 aliphatic rings. The van der Waals surface area contributed by atoms with Gasteiger partial charge < -0.3 is 10.1 Å². The van der Waals surface area contributed by atoms with E-state index >= 15 is 0 Å². The Kier molecular flexibility index (Phi) is 4.13. The number of benzene rings is 1. The molecule has 1 aromatic carbocycles. The van der Waals surface area contributed by atoms with E-state index in [-0.39, 0.29) is 5.82 Å². The van der Waals surface area contributed by atoms with E-state index in [4.69, 9.17) is 4.74 Å². The highest BCUT2D eigenvalue weighted by Crippen LogP contribution is 2.22. The minimum absolute atomic E-state index is 0.165. The lowest BCUT2D eigenvalue weighted by Gasteiger charge is -2.20. The summed E-state index contributed by atoms with van der Waals surface area (Å²) in [5.41, 5.74) is 2.16. The quantitative estimate of drug-likeness (QED) is 0.869. The van der Waals surface area contributed by atoms with Gasteiger partial charge in [0, 0.05) is 19.7 Å². The zero-order chi connectivity index (χ0) is 12.3. The smallest absolute Gasteiger partial charge is 0.123 e. The van der Waals surface area contributed by atoms with Gasteiger partial charge in [0.1, 0.15) is 5.82 Å². The lowest BCUT2D eigenvalue weighted by Crippen LogP contribution is -2.36. The van der Waals surface area contributed by atoms with Gasteiger partial charge in [0.25, 0.3) is 0 Å². The highest BCUT2D eigenvalue weighted by atomic mass is 19.1. The summed E-state index contributed by atoms with van der Waals surface area (Å²) >= 11 is 0. The number of halogens is 1. The van der Waals surface area contributed by atoms with Gasteiger partial charge in [0.2, 0.25) is 0 Å². The lowest BCUT2D eigenvalue weighted by molar-refractivity contribution is 0.0847. The maximum atomic E-state index is 13.1. The summed E-state index contributed by atoms with van der Waals surface area (Å²) in [5.74, 6) is -0.165. The molecule has 2 unspecified atom stereocenters. The largest absolute Gasteiger partial charge is 0.380 e. The van der Waals surface area contributed by atoms with E-state index in [1.54, 1.807) is 13.2 Å². The van der Waals surface area contributed by atoms with Gasteiger partial charge in [-0.05, 0) is 49.4 Å². The van der Waals surface area contributed by atoms with Crippen LogP contribution in [0.25, 0.3) is 0 Å². The SMILES string of the molecule is COC1CCCC1NCc1cc(F)ccc1C. The molecule has 0 amide bonds. The molecule has 0 aliphatic heterocycles. The second kappa shape index (κ2) is 5.61. The van der Waals surface area contributed by atoms with Gasteiger partial charge in [0.15, 0.2) is 0 Å². The van der Waals surface area contributed by atoms with Crippen molar-refractivity contribution in [3.8, 4) is 0 Å². The molecule has 1 aliphatic carbocycles. The van der Waals surface area contributed by atoms with Gasteiger partial charge in [-0.2, -0.15) is 0 Å². The molecule has 0 bridgehead atoms. The van der Waals surface area contributed by atoms with Crippen molar-refractivity contribution in [2.45, 2.75) is 44.9 Å². The van der Waals surface area contributed by atoms with Crippen LogP contribution in [0.3, 0.4) is 0 Å². The average Bonchev–Trinajstić information content (AvgIpc) is 2.77. The van der Waals surface area contributed by atoms with Crippen LogP contribution in [0.15, 0.2) is 18.2 Å². The van der Waals surface area contributed by atoms with Gasteiger partial charge in [-0.15, -0.1) is 0 Å². The van der Waals surface area contributed by atoms with Crippen molar-refractivity contribution in [2.75, 3.05) is 7.11 Å². The summed E-state index contributed by atoms with van der Waals surface area (Å²) in [5, 5.41) is 3.48. The normalized spacial score (nSPS) is 24.2. The molecular weight excluding hydrogens is 217 g/mol. The van der Waals surface area contributed by atoms with Crippen LogP contribution in [0.1, 0.15) is 30.4 Å². The van der Waals surface area contributed by atoms with Crippen LogP contribution < -0.4 is 5.32 Å². The first-order chi connectivity index (χ1) is 8.20. The lowest BCUT2D eigenvalue weighted by atomic mass is 10.1. The van der Waals surface area contributed by atoms with E-state index in [9.17, 15) is 4.39 Å². The van der Waals surface area contributed by atoms with Crippen LogP contribution in [0.4, 0.5) is 4.39 Å². The molecule has 2 nitrogen and oxygen atoms in total. The fraction of sp³-hybridized carbons (Fsp3) is 0.571. The minimum atomic E-state index is -0.165. The van der Waals surface area contributed by atoms with Crippen molar-refractivity contribution in [1.29, 1.82) is 0 Å². The molecule has 1 saturated carbocycles. The molecule has 0 heterocycles. The van der Waals surface area contributed by atoms with Crippen LogP contribution in [0, 0.1) is 12.7 Å². The number of ether oxygens (including phenoxy) is 1. The number of methoxy groups -OCH3 is 1. The first kappa shape index (κ1) is 12.5. The third-order valence-corrected chi connectivity index (χ3v) is 3.62. The maximum Gasteiger partial charge on any atom is 0.123 e. The van der Waals surface area contributed by atoms with Crippen LogP contribution in [-0.2, 0) is 11.3 Å². The topological polar surface area (TPSA) is 21.3 Å². The van der Waals surface area contributed by atoms with Crippen molar-refractivity contribution >= 4 is 0 Å². The highest BCUT2D eigenvalue weighted by molar-refractivity contribution is 5.26. The molecule has 2 atom stereocenters. The molecule has 1 fully saturated rings. The number of aryl methyl sites for hydroxylation is 1. The van der Waals surface area contributed by atoms with E-state index in [2.05, 4.69) is 5.32 Å². The van der Waals surface area contributed by atoms with Crippen molar-refractivity contribution in [3.63, 3.8) is 0 Å². The van der Waals surface area contributed by atoms with E-state index in [0.29, 0.717) is 18.7 Å². The summed E-state index contributed by atoms with van der Waals surface area (Å²) in [6.45, 7) is 2.73. The summed E-state index contributed by atoms with van der Waals surface area (Å²) in [6.07, 6.45) is 3.78. The van der Waals surface area contributed by atoms with Crippen molar-refractivity contribution in [1.82, 2.24) is 5.32 Å². The van der Waals surface area contributed by atoms with Crippen LogP contribution >= 0.6 is 0 Å². The Morgan fingerprint density at radius 3 is 3.00 bits per heavy atom. The first-order valence-electron chi connectivity index (χ1n) is 6.22. The van der Waals surface area contributed by atoms with Gasteiger partial charge in [-0.25, -0.2) is 4.39 Å². The number of hydrogen-bond donors (Lipinski definition) is 1. The summed E-state index contributed by atoms with van der Waals surface area (Å²) in [7, 11) is 1.76. The maximum absolute atomic E-state index is 13.1. The first-order valence-corrected chi connectivity index (χ1v) is 6.22. The fourth-order valence-corrected chi connectivity index (χ4v) is 2.51. The predicted molar refractivity (Wildman–Crippen MR) is 66.4 cm³/mol. The van der Waals surface area contributed by atoms with Crippen LogP contribution in [0.5, 0.6) is 0 Å².